The first-order chi connectivity index (χ1) is 5.84. The van der Waals surface area contributed by atoms with E-state index in [0.29, 0.717) is 6.04 Å². The van der Waals surface area contributed by atoms with E-state index in [2.05, 4.69) is 23.8 Å². The van der Waals surface area contributed by atoms with Crippen LogP contribution < -0.4 is 5.32 Å². The Hall–Kier alpha value is -1.15. The molecule has 0 radical (unpaired) electrons. The predicted octanol–water partition coefficient (Wildman–Crippen LogP) is 1.92. The summed E-state index contributed by atoms with van der Waals surface area (Å²) in [5.41, 5.74) is 1.07. The monoisotopic (exact) mass is 162 g/mol. The van der Waals surface area contributed by atoms with Gasteiger partial charge in [0.2, 0.25) is 0 Å². The van der Waals surface area contributed by atoms with E-state index in [-0.39, 0.29) is 0 Å². The number of nitrogens with one attached hydrogen (secondary N) is 1. The van der Waals surface area contributed by atoms with Crippen LogP contribution >= 0.6 is 0 Å². The second kappa shape index (κ2) is 4.67. The van der Waals surface area contributed by atoms with Crippen molar-refractivity contribution >= 4 is 0 Å². The minimum Gasteiger partial charge on any atom is -0.305 e. The van der Waals surface area contributed by atoms with Crippen LogP contribution in [0.25, 0.3) is 0 Å². The first-order valence-electron chi connectivity index (χ1n) is 4.10. The van der Waals surface area contributed by atoms with Gasteiger partial charge in [0.25, 0.3) is 0 Å². The van der Waals surface area contributed by atoms with E-state index < -0.39 is 0 Å². The molecule has 1 N–H and O–H groups in total. The summed E-state index contributed by atoms with van der Waals surface area (Å²) in [6, 6.07) is 6.23. The van der Waals surface area contributed by atoms with Crippen molar-refractivity contribution in [3.05, 3.63) is 42.7 Å². The van der Waals surface area contributed by atoms with E-state index >= 15 is 0 Å². The Morgan fingerprint density at radius 3 is 3.08 bits per heavy atom. The Morgan fingerprint density at radius 1 is 1.67 bits per heavy atom. The molecule has 64 valence electrons. The highest BCUT2D eigenvalue weighted by atomic mass is 14.9. The van der Waals surface area contributed by atoms with Gasteiger partial charge in [0.05, 0.1) is 5.69 Å². The highest BCUT2D eigenvalue weighted by Gasteiger charge is 2.02. The Morgan fingerprint density at radius 2 is 2.50 bits per heavy atom. The fourth-order valence-corrected chi connectivity index (χ4v) is 0.997. The van der Waals surface area contributed by atoms with E-state index in [1.807, 2.05) is 24.3 Å². The molecule has 0 saturated carbocycles. The van der Waals surface area contributed by atoms with Crippen molar-refractivity contribution in [1.29, 1.82) is 0 Å². The van der Waals surface area contributed by atoms with Crippen LogP contribution in [0.15, 0.2) is 37.1 Å². The van der Waals surface area contributed by atoms with E-state index in [4.69, 9.17) is 0 Å². The quantitative estimate of drug-likeness (QED) is 0.684. The average molecular weight is 162 g/mol. The Bertz CT molecular complexity index is 231. The fourth-order valence-electron chi connectivity index (χ4n) is 0.997. The average Bonchev–Trinajstić information content (AvgIpc) is 2.15. The highest BCUT2D eigenvalue weighted by Crippen LogP contribution is 2.06. The number of aromatic nitrogens is 1. The Labute approximate surface area is 73.3 Å². The van der Waals surface area contributed by atoms with Crippen LogP contribution in [-0.2, 0) is 0 Å². The molecule has 1 atom stereocenters. The molecule has 2 heteroatoms. The maximum Gasteiger partial charge on any atom is 0.0570 e. The number of hydrogen-bond donors (Lipinski definition) is 1. The van der Waals surface area contributed by atoms with Gasteiger partial charge < -0.3 is 5.32 Å². The molecule has 0 spiro atoms. The van der Waals surface area contributed by atoms with Gasteiger partial charge in [-0.1, -0.05) is 12.1 Å². The van der Waals surface area contributed by atoms with Gasteiger partial charge in [0, 0.05) is 18.8 Å². The van der Waals surface area contributed by atoms with E-state index in [1.54, 1.807) is 6.20 Å². The molecule has 0 fully saturated rings. The van der Waals surface area contributed by atoms with Crippen molar-refractivity contribution in [3.63, 3.8) is 0 Å². The number of pyridine rings is 1. The molecular weight excluding hydrogens is 148 g/mol. The molecule has 1 aromatic heterocycles. The topological polar surface area (TPSA) is 24.9 Å². The lowest BCUT2D eigenvalue weighted by molar-refractivity contribution is 0.601. The second-order valence-electron chi connectivity index (χ2n) is 2.67. The van der Waals surface area contributed by atoms with Gasteiger partial charge >= 0.3 is 0 Å². The van der Waals surface area contributed by atoms with Crippen molar-refractivity contribution in [3.8, 4) is 0 Å². The standard InChI is InChI=1S/C10H14N2/c1-3-7-11-9(2)10-6-4-5-8-12-10/h3-6,8-9,11H,1,7H2,2H3/t9-/m1/s1. The van der Waals surface area contributed by atoms with Crippen molar-refractivity contribution < 1.29 is 0 Å². The molecule has 0 saturated heterocycles. The molecule has 0 aliphatic carbocycles. The van der Waals surface area contributed by atoms with Crippen molar-refractivity contribution in [2.24, 2.45) is 0 Å². The van der Waals surface area contributed by atoms with Crippen LogP contribution in [0, 0.1) is 0 Å². The SMILES string of the molecule is C=CCN[C@H](C)c1ccccn1. The van der Waals surface area contributed by atoms with E-state index in [0.717, 1.165) is 12.2 Å². The summed E-state index contributed by atoms with van der Waals surface area (Å²) in [7, 11) is 0. The first kappa shape index (κ1) is 8.94. The number of nitrogens with zero attached hydrogens (tertiary/aromatic N) is 1. The summed E-state index contributed by atoms with van der Waals surface area (Å²) >= 11 is 0. The largest absolute Gasteiger partial charge is 0.305 e. The summed E-state index contributed by atoms with van der Waals surface area (Å²) in [5, 5.41) is 3.27. The minimum absolute atomic E-state index is 0.296. The van der Waals surface area contributed by atoms with E-state index in [9.17, 15) is 0 Å². The first-order valence-corrected chi connectivity index (χ1v) is 4.10. The second-order valence-corrected chi connectivity index (χ2v) is 2.67. The van der Waals surface area contributed by atoms with Crippen molar-refractivity contribution in [1.82, 2.24) is 10.3 Å². The normalized spacial score (nSPS) is 12.4. The lowest BCUT2D eigenvalue weighted by Crippen LogP contribution is -2.19. The summed E-state index contributed by atoms with van der Waals surface area (Å²) < 4.78 is 0. The molecule has 0 aliphatic rings. The maximum atomic E-state index is 4.23. The number of rotatable bonds is 4. The van der Waals surface area contributed by atoms with Crippen LogP contribution in [-0.4, -0.2) is 11.5 Å². The molecule has 1 heterocycles. The van der Waals surface area contributed by atoms with Crippen LogP contribution in [0.4, 0.5) is 0 Å². The van der Waals surface area contributed by atoms with Gasteiger partial charge in [-0.25, -0.2) is 0 Å². The summed E-state index contributed by atoms with van der Waals surface area (Å²) in [6.07, 6.45) is 3.65. The third-order valence-corrected chi connectivity index (χ3v) is 1.70. The fraction of sp³-hybridized carbons (Fsp3) is 0.300. The van der Waals surface area contributed by atoms with Crippen LogP contribution in [0.2, 0.25) is 0 Å². The van der Waals surface area contributed by atoms with Gasteiger partial charge in [-0.2, -0.15) is 0 Å². The van der Waals surface area contributed by atoms with Gasteiger partial charge in [0.15, 0.2) is 0 Å². The maximum absolute atomic E-state index is 4.23. The van der Waals surface area contributed by atoms with Crippen LogP contribution in [0.5, 0.6) is 0 Å². The smallest absolute Gasteiger partial charge is 0.0570 e. The molecule has 0 bridgehead atoms. The molecule has 0 amide bonds. The van der Waals surface area contributed by atoms with Crippen molar-refractivity contribution in [2.75, 3.05) is 6.54 Å². The van der Waals surface area contributed by atoms with Gasteiger partial charge in [-0.05, 0) is 19.1 Å². The Kier molecular flexibility index (Phi) is 3.48. The molecule has 1 aromatic rings. The zero-order valence-electron chi connectivity index (χ0n) is 7.33. The zero-order chi connectivity index (χ0) is 8.81. The third-order valence-electron chi connectivity index (χ3n) is 1.70. The van der Waals surface area contributed by atoms with Gasteiger partial charge in [-0.15, -0.1) is 6.58 Å². The van der Waals surface area contributed by atoms with E-state index in [1.165, 1.54) is 0 Å². The molecule has 0 unspecified atom stereocenters. The lowest BCUT2D eigenvalue weighted by Gasteiger charge is -2.10. The molecule has 0 aromatic carbocycles. The highest BCUT2D eigenvalue weighted by molar-refractivity contribution is 5.07. The summed E-state index contributed by atoms with van der Waals surface area (Å²) in [4.78, 5) is 4.23. The molecular formula is C10H14N2. The predicted molar refractivity (Wildman–Crippen MR) is 50.9 cm³/mol. The van der Waals surface area contributed by atoms with Gasteiger partial charge in [0.1, 0.15) is 0 Å². The minimum atomic E-state index is 0.296. The molecule has 2 nitrogen and oxygen atoms in total. The number of hydrogen-bond acceptors (Lipinski definition) is 2. The summed E-state index contributed by atoms with van der Waals surface area (Å²) in [5.74, 6) is 0. The van der Waals surface area contributed by atoms with Gasteiger partial charge in [-0.3, -0.25) is 4.98 Å². The van der Waals surface area contributed by atoms with Crippen LogP contribution in [0.1, 0.15) is 18.7 Å². The molecule has 1 rings (SSSR count). The lowest BCUT2D eigenvalue weighted by atomic mass is 10.2. The molecule has 12 heavy (non-hydrogen) atoms. The Balaban J connectivity index is 2.53. The van der Waals surface area contributed by atoms with Crippen LogP contribution in [0.3, 0.4) is 0 Å². The summed E-state index contributed by atoms with van der Waals surface area (Å²) in [6.45, 7) is 6.55. The third kappa shape index (κ3) is 2.47. The van der Waals surface area contributed by atoms with Crippen molar-refractivity contribution in [2.45, 2.75) is 13.0 Å². The zero-order valence-corrected chi connectivity index (χ0v) is 7.33. The molecule has 0 aliphatic heterocycles.